The third kappa shape index (κ3) is 2.93. The molecule has 5 heteroatoms. The normalized spacial score (nSPS) is 9.79. The molecule has 1 aromatic rings. The van der Waals surface area contributed by atoms with Crippen molar-refractivity contribution in [3.05, 3.63) is 45.8 Å². The molecule has 0 bridgehead atoms. The van der Waals surface area contributed by atoms with Gasteiger partial charge in [0.05, 0.1) is 6.42 Å². The molecule has 0 aliphatic rings. The van der Waals surface area contributed by atoms with Crippen molar-refractivity contribution in [1.82, 2.24) is 0 Å². The molecule has 0 saturated heterocycles. The molecule has 0 unspecified atom stereocenters. The lowest BCUT2D eigenvalue weighted by molar-refractivity contribution is -0.478. The van der Waals surface area contributed by atoms with Crippen LogP contribution in [-0.4, -0.2) is 17.3 Å². The Balaban J connectivity index is 2.65. The third-order valence-electron chi connectivity index (χ3n) is 1.67. The molecule has 1 rings (SSSR count). The summed E-state index contributed by atoms with van der Waals surface area (Å²) in [6.07, 6.45) is -0.198. The maximum absolute atomic E-state index is 12.6. The summed E-state index contributed by atoms with van der Waals surface area (Å²) < 4.78 is 12.6. The minimum absolute atomic E-state index is 0.173. The van der Waals surface area contributed by atoms with Gasteiger partial charge in [-0.15, -0.1) is 0 Å². The van der Waals surface area contributed by atoms with E-state index in [1.54, 1.807) is 0 Å². The zero-order valence-corrected chi connectivity index (χ0v) is 7.27. The molecule has 74 valence electrons. The summed E-state index contributed by atoms with van der Waals surface area (Å²) in [7, 11) is 0. The number of ketones is 1. The number of carbonyl (C=O) groups excluding carboxylic acids is 1. The first-order chi connectivity index (χ1) is 6.59. The quantitative estimate of drug-likeness (QED) is 0.419. The molecule has 0 spiro atoms. The highest BCUT2D eigenvalue weighted by atomic mass is 19.1. The molecular formula is C9H8FNO3. The molecule has 14 heavy (non-hydrogen) atoms. The average Bonchev–Trinajstić information content (AvgIpc) is 2.14. The van der Waals surface area contributed by atoms with Crippen LogP contribution < -0.4 is 0 Å². The Morgan fingerprint density at radius 2 is 2.21 bits per heavy atom. The fourth-order valence-electron chi connectivity index (χ4n) is 0.999. The van der Waals surface area contributed by atoms with Gasteiger partial charge in [-0.3, -0.25) is 14.9 Å². The van der Waals surface area contributed by atoms with Crippen LogP contribution in [0, 0.1) is 15.9 Å². The molecule has 1 aromatic carbocycles. The van der Waals surface area contributed by atoms with Crippen LogP contribution in [-0.2, 0) is 0 Å². The molecule has 0 atom stereocenters. The van der Waals surface area contributed by atoms with Crippen molar-refractivity contribution >= 4 is 5.78 Å². The van der Waals surface area contributed by atoms with E-state index in [-0.39, 0.29) is 12.0 Å². The second kappa shape index (κ2) is 4.45. The molecule has 0 fully saturated rings. The van der Waals surface area contributed by atoms with Gasteiger partial charge in [0, 0.05) is 10.5 Å². The summed E-state index contributed by atoms with van der Waals surface area (Å²) in [6.45, 7) is -0.421. The van der Waals surface area contributed by atoms with E-state index in [2.05, 4.69) is 0 Å². The Bertz CT molecular complexity index is 365. The van der Waals surface area contributed by atoms with Gasteiger partial charge in [0.25, 0.3) is 0 Å². The summed E-state index contributed by atoms with van der Waals surface area (Å²) in [4.78, 5) is 20.6. The van der Waals surface area contributed by atoms with E-state index in [1.807, 2.05) is 0 Å². The van der Waals surface area contributed by atoms with Gasteiger partial charge in [-0.1, -0.05) is 12.1 Å². The monoisotopic (exact) mass is 197 g/mol. The van der Waals surface area contributed by atoms with Crippen LogP contribution in [0.5, 0.6) is 0 Å². The van der Waals surface area contributed by atoms with Gasteiger partial charge in [0.1, 0.15) is 5.82 Å². The maximum Gasteiger partial charge on any atom is 0.211 e. The lowest BCUT2D eigenvalue weighted by Crippen LogP contribution is -2.08. The topological polar surface area (TPSA) is 60.2 Å². The number of halogens is 1. The molecule has 0 heterocycles. The van der Waals surface area contributed by atoms with Crippen molar-refractivity contribution in [2.75, 3.05) is 6.54 Å². The summed E-state index contributed by atoms with van der Waals surface area (Å²) in [5, 5.41) is 9.98. The van der Waals surface area contributed by atoms with Crippen molar-refractivity contribution in [1.29, 1.82) is 0 Å². The lowest BCUT2D eigenvalue weighted by Gasteiger charge is -1.97. The fourth-order valence-corrected chi connectivity index (χ4v) is 0.999. The first-order valence-electron chi connectivity index (χ1n) is 4.00. The standard InChI is InChI=1S/C9H8FNO3/c10-8-3-1-2-7(6-8)9(12)4-5-11(13)14/h1-3,6H,4-5H2. The zero-order chi connectivity index (χ0) is 10.6. The summed E-state index contributed by atoms with van der Waals surface area (Å²) in [6, 6.07) is 5.12. The van der Waals surface area contributed by atoms with E-state index in [0.717, 1.165) is 6.07 Å². The van der Waals surface area contributed by atoms with Crippen LogP contribution in [0.25, 0.3) is 0 Å². The molecule has 0 saturated carbocycles. The molecule has 0 N–H and O–H groups in total. The fraction of sp³-hybridized carbons (Fsp3) is 0.222. The molecule has 0 aliphatic carbocycles. The Morgan fingerprint density at radius 3 is 2.79 bits per heavy atom. The van der Waals surface area contributed by atoms with Crippen molar-refractivity contribution in [3.63, 3.8) is 0 Å². The van der Waals surface area contributed by atoms with Crippen LogP contribution in [0.3, 0.4) is 0 Å². The highest BCUT2D eigenvalue weighted by Crippen LogP contribution is 2.06. The predicted octanol–water partition coefficient (Wildman–Crippen LogP) is 1.68. The van der Waals surface area contributed by atoms with Gasteiger partial charge < -0.3 is 0 Å². The number of hydrogen-bond donors (Lipinski definition) is 0. The van der Waals surface area contributed by atoms with Crippen molar-refractivity contribution < 1.29 is 14.1 Å². The number of nitrogens with zero attached hydrogens (tertiary/aromatic N) is 1. The average molecular weight is 197 g/mol. The van der Waals surface area contributed by atoms with Crippen LogP contribution in [0.1, 0.15) is 16.8 Å². The zero-order valence-electron chi connectivity index (χ0n) is 7.27. The maximum atomic E-state index is 12.6. The van der Waals surface area contributed by atoms with Gasteiger partial charge in [0.2, 0.25) is 6.54 Å². The minimum Gasteiger partial charge on any atom is -0.294 e. The number of nitro groups is 1. The van der Waals surface area contributed by atoms with Crippen molar-refractivity contribution in [2.45, 2.75) is 6.42 Å². The summed E-state index contributed by atoms with van der Waals surface area (Å²) in [5.74, 6) is -0.932. The van der Waals surface area contributed by atoms with E-state index in [1.165, 1.54) is 18.2 Å². The molecule has 0 amide bonds. The van der Waals surface area contributed by atoms with Gasteiger partial charge in [-0.05, 0) is 12.1 Å². The molecule has 0 aliphatic heterocycles. The Morgan fingerprint density at radius 1 is 1.50 bits per heavy atom. The first-order valence-corrected chi connectivity index (χ1v) is 4.00. The summed E-state index contributed by atoms with van der Waals surface area (Å²) in [5.41, 5.74) is 0.173. The van der Waals surface area contributed by atoms with Gasteiger partial charge in [0.15, 0.2) is 5.78 Å². The van der Waals surface area contributed by atoms with E-state index in [4.69, 9.17) is 0 Å². The SMILES string of the molecule is O=C(CC[N+](=O)[O-])c1cccc(F)c1. The third-order valence-corrected chi connectivity index (χ3v) is 1.67. The van der Waals surface area contributed by atoms with Crippen molar-refractivity contribution in [3.8, 4) is 0 Å². The largest absolute Gasteiger partial charge is 0.294 e. The number of rotatable bonds is 4. The van der Waals surface area contributed by atoms with Crippen LogP contribution >= 0.6 is 0 Å². The summed E-state index contributed by atoms with van der Waals surface area (Å²) >= 11 is 0. The predicted molar refractivity (Wildman–Crippen MR) is 47.2 cm³/mol. The van der Waals surface area contributed by atoms with Crippen LogP contribution in [0.2, 0.25) is 0 Å². The Hall–Kier alpha value is -1.78. The molecule has 0 aromatic heterocycles. The lowest BCUT2D eigenvalue weighted by atomic mass is 10.1. The number of benzene rings is 1. The van der Waals surface area contributed by atoms with Gasteiger partial charge >= 0.3 is 0 Å². The van der Waals surface area contributed by atoms with E-state index in [0.29, 0.717) is 0 Å². The minimum atomic E-state index is -0.572. The van der Waals surface area contributed by atoms with E-state index in [9.17, 15) is 19.3 Å². The van der Waals surface area contributed by atoms with Crippen LogP contribution in [0.4, 0.5) is 4.39 Å². The number of hydrogen-bond acceptors (Lipinski definition) is 3. The molecular weight excluding hydrogens is 189 g/mol. The Kier molecular flexibility index (Phi) is 3.28. The second-order valence-corrected chi connectivity index (χ2v) is 2.74. The van der Waals surface area contributed by atoms with Crippen molar-refractivity contribution in [2.24, 2.45) is 0 Å². The molecule has 0 radical (unpaired) electrons. The first kappa shape index (κ1) is 10.3. The number of carbonyl (C=O) groups is 1. The smallest absolute Gasteiger partial charge is 0.211 e. The van der Waals surface area contributed by atoms with Crippen LogP contribution in [0.15, 0.2) is 24.3 Å². The highest BCUT2D eigenvalue weighted by molar-refractivity contribution is 5.96. The molecule has 4 nitrogen and oxygen atoms in total. The highest BCUT2D eigenvalue weighted by Gasteiger charge is 2.09. The van der Waals surface area contributed by atoms with Gasteiger partial charge in [-0.2, -0.15) is 0 Å². The van der Waals surface area contributed by atoms with E-state index < -0.39 is 23.1 Å². The second-order valence-electron chi connectivity index (χ2n) is 2.74. The van der Waals surface area contributed by atoms with Gasteiger partial charge in [-0.25, -0.2) is 4.39 Å². The Labute approximate surface area is 79.5 Å². The number of Topliss-reactive ketones (excluding diaryl/α,β-unsaturated/α-hetero) is 1. The van der Waals surface area contributed by atoms with E-state index >= 15 is 0 Å².